The van der Waals surface area contributed by atoms with Gasteiger partial charge in [0.15, 0.2) is 9.84 Å². The molecule has 124 valence electrons. The molecule has 0 fully saturated rings. The molecule has 0 saturated carbocycles. The normalized spacial score (nSPS) is 11.9. The third kappa shape index (κ3) is 6.44. The number of sulfone groups is 1. The van der Waals surface area contributed by atoms with Gasteiger partial charge in [0.2, 0.25) is 5.91 Å². The lowest BCUT2D eigenvalue weighted by Gasteiger charge is -2.24. The van der Waals surface area contributed by atoms with Crippen LogP contribution in [0.5, 0.6) is 5.75 Å². The lowest BCUT2D eigenvalue weighted by molar-refractivity contribution is -0.119. The second kappa shape index (κ2) is 8.14. The fraction of sp³-hybridized carbons (Fsp3) is 0.533. The van der Waals surface area contributed by atoms with Gasteiger partial charge in [0, 0.05) is 18.8 Å². The SMILES string of the molecule is CC(C)N(CCCOc1ccc(S(C)(=O)=O)cc1)CC(N)=O. The summed E-state index contributed by atoms with van der Waals surface area (Å²) in [6.07, 6.45) is 1.92. The maximum atomic E-state index is 11.3. The van der Waals surface area contributed by atoms with Crippen molar-refractivity contribution in [1.29, 1.82) is 0 Å². The molecule has 7 heteroatoms. The summed E-state index contributed by atoms with van der Waals surface area (Å²) in [6.45, 7) is 5.45. The van der Waals surface area contributed by atoms with Crippen molar-refractivity contribution in [2.45, 2.75) is 31.2 Å². The summed E-state index contributed by atoms with van der Waals surface area (Å²) in [5, 5.41) is 0. The number of hydrogen-bond donors (Lipinski definition) is 1. The zero-order valence-electron chi connectivity index (χ0n) is 13.3. The molecule has 0 aliphatic carbocycles. The summed E-state index contributed by atoms with van der Waals surface area (Å²) in [4.78, 5) is 13.2. The van der Waals surface area contributed by atoms with E-state index in [-0.39, 0.29) is 23.4 Å². The molecule has 0 radical (unpaired) electrons. The van der Waals surface area contributed by atoms with Crippen molar-refractivity contribution in [1.82, 2.24) is 4.90 Å². The zero-order valence-corrected chi connectivity index (χ0v) is 14.1. The van der Waals surface area contributed by atoms with E-state index >= 15 is 0 Å². The van der Waals surface area contributed by atoms with Gasteiger partial charge in [0.1, 0.15) is 5.75 Å². The average molecular weight is 328 g/mol. The van der Waals surface area contributed by atoms with Gasteiger partial charge in [0.25, 0.3) is 0 Å². The number of rotatable bonds is 9. The van der Waals surface area contributed by atoms with Gasteiger partial charge in [-0.2, -0.15) is 0 Å². The number of hydrogen-bond acceptors (Lipinski definition) is 5. The molecule has 0 aliphatic rings. The first-order valence-corrected chi connectivity index (χ1v) is 9.04. The third-order valence-corrected chi connectivity index (χ3v) is 4.33. The Labute approximate surface area is 132 Å². The van der Waals surface area contributed by atoms with Crippen LogP contribution in [0.1, 0.15) is 20.3 Å². The zero-order chi connectivity index (χ0) is 16.8. The van der Waals surface area contributed by atoms with Crippen LogP contribution in [-0.2, 0) is 14.6 Å². The minimum atomic E-state index is -3.18. The Morgan fingerprint density at radius 3 is 2.32 bits per heavy atom. The number of nitrogens with zero attached hydrogens (tertiary/aromatic N) is 1. The summed E-state index contributed by atoms with van der Waals surface area (Å²) in [6, 6.07) is 6.57. The summed E-state index contributed by atoms with van der Waals surface area (Å²) >= 11 is 0. The molecular weight excluding hydrogens is 304 g/mol. The first-order valence-electron chi connectivity index (χ1n) is 7.15. The van der Waals surface area contributed by atoms with Crippen LogP contribution in [0.25, 0.3) is 0 Å². The van der Waals surface area contributed by atoms with Gasteiger partial charge in [-0.1, -0.05) is 0 Å². The first-order chi connectivity index (χ1) is 10.2. The molecule has 0 bridgehead atoms. The lowest BCUT2D eigenvalue weighted by atomic mass is 10.3. The topological polar surface area (TPSA) is 89.7 Å². The van der Waals surface area contributed by atoms with E-state index in [1.165, 1.54) is 18.4 Å². The summed E-state index contributed by atoms with van der Waals surface area (Å²) < 4.78 is 28.3. The Morgan fingerprint density at radius 1 is 1.27 bits per heavy atom. The molecule has 0 unspecified atom stereocenters. The molecule has 1 aromatic rings. The van der Waals surface area contributed by atoms with Crippen molar-refractivity contribution in [2.24, 2.45) is 5.73 Å². The van der Waals surface area contributed by atoms with Crippen LogP contribution in [0.3, 0.4) is 0 Å². The van der Waals surface area contributed by atoms with Gasteiger partial charge in [0.05, 0.1) is 18.0 Å². The summed E-state index contributed by atoms with van der Waals surface area (Å²) in [5.41, 5.74) is 5.21. The molecule has 1 amide bonds. The van der Waals surface area contributed by atoms with Gasteiger partial charge in [-0.15, -0.1) is 0 Å². The van der Waals surface area contributed by atoms with Gasteiger partial charge >= 0.3 is 0 Å². The molecule has 0 aromatic heterocycles. The smallest absolute Gasteiger partial charge is 0.231 e. The highest BCUT2D eigenvalue weighted by Crippen LogP contribution is 2.16. The molecule has 1 aromatic carbocycles. The minimum absolute atomic E-state index is 0.237. The summed E-state index contributed by atoms with van der Waals surface area (Å²) in [5.74, 6) is 0.282. The predicted molar refractivity (Wildman–Crippen MR) is 85.6 cm³/mol. The Balaban J connectivity index is 2.42. The van der Waals surface area contributed by atoms with Crippen LogP contribution in [0.4, 0.5) is 0 Å². The van der Waals surface area contributed by atoms with E-state index in [0.717, 1.165) is 6.42 Å². The molecule has 6 nitrogen and oxygen atoms in total. The number of carbonyl (C=O) groups excluding carboxylic acids is 1. The average Bonchev–Trinajstić information content (AvgIpc) is 2.41. The Kier molecular flexibility index (Phi) is 6.83. The van der Waals surface area contributed by atoms with Crippen molar-refractivity contribution in [3.63, 3.8) is 0 Å². The highest BCUT2D eigenvalue weighted by Gasteiger charge is 2.11. The molecule has 0 aliphatic heterocycles. The largest absolute Gasteiger partial charge is 0.494 e. The monoisotopic (exact) mass is 328 g/mol. The molecular formula is C15H24N2O4S. The fourth-order valence-electron chi connectivity index (χ4n) is 1.96. The Hall–Kier alpha value is -1.60. The van der Waals surface area contributed by atoms with Crippen LogP contribution < -0.4 is 10.5 Å². The van der Waals surface area contributed by atoms with E-state index < -0.39 is 9.84 Å². The fourth-order valence-corrected chi connectivity index (χ4v) is 2.59. The second-order valence-electron chi connectivity index (χ2n) is 5.48. The van der Waals surface area contributed by atoms with Crippen molar-refractivity contribution in [3.8, 4) is 5.75 Å². The van der Waals surface area contributed by atoms with E-state index in [0.29, 0.717) is 18.9 Å². The maximum absolute atomic E-state index is 11.3. The number of nitrogens with two attached hydrogens (primary N) is 1. The van der Waals surface area contributed by atoms with Crippen molar-refractivity contribution in [2.75, 3.05) is 26.0 Å². The van der Waals surface area contributed by atoms with E-state index in [4.69, 9.17) is 10.5 Å². The third-order valence-electron chi connectivity index (χ3n) is 3.20. The number of amides is 1. The lowest BCUT2D eigenvalue weighted by Crippen LogP contribution is -2.39. The quantitative estimate of drug-likeness (QED) is 0.685. The molecule has 0 heterocycles. The molecule has 0 spiro atoms. The van der Waals surface area contributed by atoms with Gasteiger partial charge in [-0.25, -0.2) is 8.42 Å². The Morgan fingerprint density at radius 2 is 1.86 bits per heavy atom. The number of primary amides is 1. The molecule has 0 saturated heterocycles. The number of carbonyl (C=O) groups is 1. The van der Waals surface area contributed by atoms with Crippen LogP contribution in [0.2, 0.25) is 0 Å². The van der Waals surface area contributed by atoms with Crippen LogP contribution in [0.15, 0.2) is 29.2 Å². The number of ether oxygens (including phenoxy) is 1. The highest BCUT2D eigenvalue weighted by atomic mass is 32.2. The second-order valence-corrected chi connectivity index (χ2v) is 7.49. The summed E-state index contributed by atoms with van der Waals surface area (Å²) in [7, 11) is -3.18. The van der Waals surface area contributed by atoms with Crippen molar-refractivity contribution >= 4 is 15.7 Å². The molecule has 0 atom stereocenters. The number of benzene rings is 1. The maximum Gasteiger partial charge on any atom is 0.231 e. The van der Waals surface area contributed by atoms with Crippen molar-refractivity contribution in [3.05, 3.63) is 24.3 Å². The minimum Gasteiger partial charge on any atom is -0.494 e. The van der Waals surface area contributed by atoms with E-state index in [9.17, 15) is 13.2 Å². The van der Waals surface area contributed by atoms with Crippen molar-refractivity contribution < 1.29 is 17.9 Å². The first kappa shape index (κ1) is 18.4. The van der Waals surface area contributed by atoms with Gasteiger partial charge in [-0.05, 0) is 44.5 Å². The van der Waals surface area contributed by atoms with E-state index in [1.807, 2.05) is 18.7 Å². The van der Waals surface area contributed by atoms with E-state index in [2.05, 4.69) is 0 Å². The van der Waals surface area contributed by atoms with E-state index in [1.54, 1.807) is 12.1 Å². The molecule has 1 rings (SSSR count). The van der Waals surface area contributed by atoms with Crippen LogP contribution >= 0.6 is 0 Å². The van der Waals surface area contributed by atoms with Crippen LogP contribution in [0, 0.1) is 0 Å². The Bertz CT molecular complexity index is 582. The predicted octanol–water partition coefficient (Wildman–Crippen LogP) is 1.05. The van der Waals surface area contributed by atoms with Crippen LogP contribution in [-0.4, -0.2) is 51.2 Å². The standard InChI is InChI=1S/C15H24N2O4S/c1-12(2)17(11-15(16)18)9-4-10-21-13-5-7-14(8-6-13)22(3,19)20/h5-8,12H,4,9-11H2,1-3H3,(H2,16,18). The van der Waals surface area contributed by atoms with Gasteiger partial charge in [-0.3, -0.25) is 9.69 Å². The molecule has 2 N–H and O–H groups in total. The van der Waals surface area contributed by atoms with Gasteiger partial charge < -0.3 is 10.5 Å². The molecule has 22 heavy (non-hydrogen) atoms. The highest BCUT2D eigenvalue weighted by molar-refractivity contribution is 7.90.